The maximum absolute atomic E-state index is 10.4. The van der Waals surface area contributed by atoms with E-state index in [-0.39, 0.29) is 6.10 Å². The lowest BCUT2D eigenvalue weighted by molar-refractivity contribution is -0.171. The van der Waals surface area contributed by atoms with Crippen molar-refractivity contribution < 1.29 is 5.11 Å². The molecule has 0 unspecified atom stereocenters. The molecule has 4 aliphatic rings. The SMILES string of the molecule is CC1(C)[C@H]2C[C@H](O)[C@@H](N3CCCCCC3)[C@@H]1C2. The molecule has 1 heterocycles. The van der Waals surface area contributed by atoms with Crippen LogP contribution in [0.2, 0.25) is 0 Å². The molecule has 4 fully saturated rings. The average molecular weight is 237 g/mol. The molecule has 3 aliphatic carbocycles. The molecule has 0 aromatic rings. The maximum atomic E-state index is 10.4. The summed E-state index contributed by atoms with van der Waals surface area (Å²) in [6.07, 6.45) is 7.80. The largest absolute Gasteiger partial charge is 0.391 e. The first-order valence-electron chi connectivity index (χ1n) is 7.53. The summed E-state index contributed by atoms with van der Waals surface area (Å²) in [4.78, 5) is 2.62. The van der Waals surface area contributed by atoms with E-state index in [9.17, 15) is 5.11 Å². The van der Waals surface area contributed by atoms with Gasteiger partial charge in [-0.25, -0.2) is 0 Å². The fourth-order valence-corrected chi connectivity index (χ4v) is 4.63. The molecule has 0 aromatic carbocycles. The van der Waals surface area contributed by atoms with E-state index < -0.39 is 0 Å². The number of likely N-dealkylation sites (tertiary alicyclic amines) is 1. The Morgan fingerprint density at radius 1 is 1.00 bits per heavy atom. The normalized spacial score (nSPS) is 46.1. The van der Waals surface area contributed by atoms with E-state index in [0.717, 1.165) is 18.3 Å². The fraction of sp³-hybridized carbons (Fsp3) is 1.00. The zero-order chi connectivity index (χ0) is 12.0. The highest BCUT2D eigenvalue weighted by atomic mass is 16.3. The first-order chi connectivity index (χ1) is 8.10. The first kappa shape index (κ1) is 12.0. The van der Waals surface area contributed by atoms with Crippen molar-refractivity contribution in [3.05, 3.63) is 0 Å². The maximum Gasteiger partial charge on any atom is 0.0701 e. The molecule has 2 nitrogen and oxygen atoms in total. The Morgan fingerprint density at radius 3 is 2.24 bits per heavy atom. The molecule has 2 bridgehead atoms. The molecule has 1 saturated heterocycles. The molecule has 0 radical (unpaired) electrons. The van der Waals surface area contributed by atoms with Gasteiger partial charge in [0.2, 0.25) is 0 Å². The fourth-order valence-electron chi connectivity index (χ4n) is 4.63. The minimum absolute atomic E-state index is 0.0510. The van der Waals surface area contributed by atoms with Gasteiger partial charge in [0.25, 0.3) is 0 Å². The van der Waals surface area contributed by atoms with Crippen LogP contribution in [0.4, 0.5) is 0 Å². The van der Waals surface area contributed by atoms with Crippen LogP contribution in [0.1, 0.15) is 52.4 Å². The molecular formula is C15H27NO. The van der Waals surface area contributed by atoms with Crippen molar-refractivity contribution in [3.8, 4) is 0 Å². The van der Waals surface area contributed by atoms with Gasteiger partial charge in [0, 0.05) is 6.04 Å². The number of rotatable bonds is 1. The van der Waals surface area contributed by atoms with Crippen molar-refractivity contribution in [1.29, 1.82) is 0 Å². The van der Waals surface area contributed by atoms with Crippen LogP contribution in [0.5, 0.6) is 0 Å². The second kappa shape index (κ2) is 4.24. The van der Waals surface area contributed by atoms with Crippen molar-refractivity contribution in [1.82, 2.24) is 4.90 Å². The minimum atomic E-state index is -0.0510. The quantitative estimate of drug-likeness (QED) is 0.758. The van der Waals surface area contributed by atoms with Crippen molar-refractivity contribution in [2.45, 2.75) is 64.5 Å². The van der Waals surface area contributed by atoms with Gasteiger partial charge in [0.1, 0.15) is 0 Å². The third kappa shape index (κ3) is 1.84. The predicted octanol–water partition coefficient (Wildman–Crippen LogP) is 2.66. The monoisotopic (exact) mass is 237 g/mol. The lowest BCUT2D eigenvalue weighted by Crippen LogP contribution is -2.65. The van der Waals surface area contributed by atoms with Gasteiger partial charge in [-0.2, -0.15) is 0 Å². The summed E-state index contributed by atoms with van der Waals surface area (Å²) < 4.78 is 0. The first-order valence-corrected chi connectivity index (χ1v) is 7.53. The molecular weight excluding hydrogens is 210 g/mol. The van der Waals surface area contributed by atoms with E-state index in [1.807, 2.05) is 0 Å². The highest BCUT2D eigenvalue weighted by molar-refractivity contribution is 5.09. The summed E-state index contributed by atoms with van der Waals surface area (Å²) >= 11 is 0. The zero-order valence-electron chi connectivity index (χ0n) is 11.4. The average Bonchev–Trinajstić information content (AvgIpc) is 2.57. The molecule has 3 saturated carbocycles. The number of aliphatic hydroxyl groups excluding tert-OH is 1. The summed E-state index contributed by atoms with van der Waals surface area (Å²) in [6.45, 7) is 7.28. The van der Waals surface area contributed by atoms with Gasteiger partial charge < -0.3 is 5.11 Å². The van der Waals surface area contributed by atoms with Crippen LogP contribution in [0.25, 0.3) is 0 Å². The smallest absolute Gasteiger partial charge is 0.0701 e. The van der Waals surface area contributed by atoms with Crippen LogP contribution < -0.4 is 0 Å². The lowest BCUT2D eigenvalue weighted by atomic mass is 9.46. The molecule has 17 heavy (non-hydrogen) atoms. The van der Waals surface area contributed by atoms with Gasteiger partial charge in [-0.05, 0) is 56.0 Å². The van der Waals surface area contributed by atoms with Crippen LogP contribution in [-0.4, -0.2) is 35.2 Å². The van der Waals surface area contributed by atoms with E-state index in [1.165, 1.54) is 45.2 Å². The molecule has 4 rings (SSSR count). The number of aliphatic hydroxyl groups is 1. The Hall–Kier alpha value is -0.0800. The number of nitrogens with zero attached hydrogens (tertiary/aromatic N) is 1. The van der Waals surface area contributed by atoms with Gasteiger partial charge in [-0.15, -0.1) is 0 Å². The number of hydrogen-bond acceptors (Lipinski definition) is 2. The summed E-state index contributed by atoms with van der Waals surface area (Å²) in [5, 5.41) is 10.4. The Kier molecular flexibility index (Phi) is 2.99. The van der Waals surface area contributed by atoms with E-state index in [1.54, 1.807) is 0 Å². The van der Waals surface area contributed by atoms with Crippen molar-refractivity contribution in [2.24, 2.45) is 17.3 Å². The Labute approximate surface area is 105 Å². The van der Waals surface area contributed by atoms with Gasteiger partial charge in [-0.3, -0.25) is 4.90 Å². The predicted molar refractivity (Wildman–Crippen MR) is 69.8 cm³/mol. The lowest BCUT2D eigenvalue weighted by Gasteiger charge is -2.63. The third-order valence-corrected chi connectivity index (χ3v) is 5.94. The molecule has 0 spiro atoms. The molecule has 2 heteroatoms. The van der Waals surface area contributed by atoms with E-state index >= 15 is 0 Å². The van der Waals surface area contributed by atoms with Crippen LogP contribution in [0.15, 0.2) is 0 Å². The summed E-state index contributed by atoms with van der Waals surface area (Å²) in [5.74, 6) is 1.53. The third-order valence-electron chi connectivity index (χ3n) is 5.94. The highest BCUT2D eigenvalue weighted by Crippen LogP contribution is 2.60. The van der Waals surface area contributed by atoms with E-state index in [0.29, 0.717) is 11.5 Å². The number of hydrogen-bond donors (Lipinski definition) is 1. The molecule has 0 amide bonds. The van der Waals surface area contributed by atoms with E-state index in [2.05, 4.69) is 18.7 Å². The Balaban J connectivity index is 1.75. The highest BCUT2D eigenvalue weighted by Gasteiger charge is 2.58. The van der Waals surface area contributed by atoms with Crippen molar-refractivity contribution >= 4 is 0 Å². The topological polar surface area (TPSA) is 23.5 Å². The van der Waals surface area contributed by atoms with Gasteiger partial charge in [-0.1, -0.05) is 26.7 Å². The summed E-state index contributed by atoms with van der Waals surface area (Å²) in [5.41, 5.74) is 0.482. The molecule has 1 N–H and O–H groups in total. The van der Waals surface area contributed by atoms with Gasteiger partial charge in [0.15, 0.2) is 0 Å². The number of fused-ring (bicyclic) bond motifs is 2. The van der Waals surface area contributed by atoms with E-state index in [4.69, 9.17) is 0 Å². The van der Waals surface area contributed by atoms with Crippen molar-refractivity contribution in [3.63, 3.8) is 0 Å². The minimum Gasteiger partial charge on any atom is -0.391 e. The standard InChI is InChI=1S/C15H27NO/c1-15(2)11-9-12(15)14(13(17)10-11)16-7-5-3-4-6-8-16/h11-14,17H,3-10H2,1-2H3/t11-,12+,13+,14+/m1/s1. The van der Waals surface area contributed by atoms with Gasteiger partial charge in [0.05, 0.1) is 6.10 Å². The van der Waals surface area contributed by atoms with Crippen LogP contribution >= 0.6 is 0 Å². The summed E-state index contributed by atoms with van der Waals surface area (Å²) in [7, 11) is 0. The van der Waals surface area contributed by atoms with Crippen LogP contribution in [0.3, 0.4) is 0 Å². The second-order valence-corrected chi connectivity index (χ2v) is 7.10. The molecule has 4 atom stereocenters. The van der Waals surface area contributed by atoms with Gasteiger partial charge >= 0.3 is 0 Å². The van der Waals surface area contributed by atoms with Crippen LogP contribution in [0, 0.1) is 17.3 Å². The molecule has 1 aliphatic heterocycles. The summed E-state index contributed by atoms with van der Waals surface area (Å²) in [6, 6.07) is 0.466. The second-order valence-electron chi connectivity index (χ2n) is 7.10. The Bertz CT molecular complexity index is 281. The molecule has 0 aromatic heterocycles. The van der Waals surface area contributed by atoms with Crippen molar-refractivity contribution in [2.75, 3.05) is 13.1 Å². The Morgan fingerprint density at radius 2 is 1.65 bits per heavy atom. The molecule has 98 valence electrons. The van der Waals surface area contributed by atoms with Crippen LogP contribution in [-0.2, 0) is 0 Å². The zero-order valence-corrected chi connectivity index (χ0v) is 11.4.